The van der Waals surface area contributed by atoms with Gasteiger partial charge in [-0.1, -0.05) is 41.9 Å². The number of benzene rings is 2. The zero-order valence-corrected chi connectivity index (χ0v) is 20.5. The molecule has 6 N–H and O–H groups in total. The molecule has 10 heteroatoms. The van der Waals surface area contributed by atoms with Crippen LogP contribution in [0.4, 0.5) is 0 Å². The first kappa shape index (κ1) is 28.1. The molecule has 0 aromatic heterocycles. The van der Waals surface area contributed by atoms with Crippen LogP contribution in [0, 0.1) is 0 Å². The number of rotatable bonds is 14. The van der Waals surface area contributed by atoms with E-state index in [9.17, 15) is 14.4 Å². The molecule has 0 fully saturated rings. The van der Waals surface area contributed by atoms with Gasteiger partial charge in [-0.15, -0.1) is 0 Å². The molecule has 0 bridgehead atoms. The number of halogens is 1. The van der Waals surface area contributed by atoms with Gasteiger partial charge in [-0.05, 0) is 49.9 Å². The predicted octanol–water partition coefficient (Wildman–Crippen LogP) is 1.30. The van der Waals surface area contributed by atoms with Gasteiger partial charge in [-0.3, -0.25) is 14.4 Å². The van der Waals surface area contributed by atoms with Crippen LogP contribution in [0.5, 0.6) is 5.75 Å². The molecule has 0 saturated carbocycles. The Bertz CT molecular complexity index is 974. The quantitative estimate of drug-likeness (QED) is 0.245. The SMILES string of the molecule is CC(NC(=O)C(N)CCc1ccccc1)C(=O)NCc1cc(Cl)ccc1OCC(=O)NCCCO. The maximum Gasteiger partial charge on any atom is 0.257 e. The molecule has 3 amide bonds. The lowest BCUT2D eigenvalue weighted by Gasteiger charge is -2.18. The smallest absolute Gasteiger partial charge is 0.257 e. The van der Waals surface area contributed by atoms with Crippen molar-refractivity contribution in [1.29, 1.82) is 0 Å². The van der Waals surface area contributed by atoms with E-state index in [0.717, 1.165) is 5.56 Å². The van der Waals surface area contributed by atoms with Crippen molar-refractivity contribution in [3.63, 3.8) is 0 Å². The van der Waals surface area contributed by atoms with Crippen LogP contribution in [0.2, 0.25) is 5.02 Å². The van der Waals surface area contributed by atoms with Gasteiger partial charge in [-0.25, -0.2) is 0 Å². The van der Waals surface area contributed by atoms with Gasteiger partial charge in [0.2, 0.25) is 11.8 Å². The van der Waals surface area contributed by atoms with Gasteiger partial charge in [0, 0.05) is 30.3 Å². The van der Waals surface area contributed by atoms with E-state index >= 15 is 0 Å². The van der Waals surface area contributed by atoms with Crippen molar-refractivity contribution in [3.05, 3.63) is 64.7 Å². The first-order chi connectivity index (χ1) is 16.8. The second-order valence-electron chi connectivity index (χ2n) is 8.05. The molecule has 0 aliphatic rings. The minimum atomic E-state index is -0.800. The highest BCUT2D eigenvalue weighted by Gasteiger charge is 2.20. The number of aliphatic hydroxyl groups is 1. The first-order valence-corrected chi connectivity index (χ1v) is 11.8. The van der Waals surface area contributed by atoms with Crippen molar-refractivity contribution in [2.75, 3.05) is 19.8 Å². The van der Waals surface area contributed by atoms with Crippen molar-refractivity contribution < 1.29 is 24.2 Å². The zero-order valence-electron chi connectivity index (χ0n) is 19.8. The molecular formula is C25H33ClN4O5. The van der Waals surface area contributed by atoms with Crippen molar-refractivity contribution in [3.8, 4) is 5.75 Å². The molecule has 2 aromatic carbocycles. The first-order valence-electron chi connectivity index (χ1n) is 11.5. The summed E-state index contributed by atoms with van der Waals surface area (Å²) in [5.41, 5.74) is 7.65. The van der Waals surface area contributed by atoms with Crippen LogP contribution in [-0.4, -0.2) is 54.7 Å². The Morgan fingerprint density at radius 2 is 1.83 bits per heavy atom. The number of amides is 3. The van der Waals surface area contributed by atoms with E-state index in [1.54, 1.807) is 25.1 Å². The summed E-state index contributed by atoms with van der Waals surface area (Å²) < 4.78 is 5.57. The van der Waals surface area contributed by atoms with Gasteiger partial charge in [0.25, 0.3) is 5.91 Å². The third-order valence-electron chi connectivity index (χ3n) is 5.17. The van der Waals surface area contributed by atoms with Gasteiger partial charge >= 0.3 is 0 Å². The lowest BCUT2D eigenvalue weighted by Crippen LogP contribution is -2.50. The molecule has 0 heterocycles. The number of hydrogen-bond donors (Lipinski definition) is 5. The molecule has 0 spiro atoms. The van der Waals surface area contributed by atoms with Crippen molar-refractivity contribution in [2.45, 2.75) is 44.8 Å². The van der Waals surface area contributed by atoms with Gasteiger partial charge in [0.05, 0.1) is 6.04 Å². The molecule has 0 aliphatic carbocycles. The van der Waals surface area contributed by atoms with Crippen molar-refractivity contribution in [2.24, 2.45) is 5.73 Å². The molecular weight excluding hydrogens is 472 g/mol. The number of ether oxygens (including phenoxy) is 1. The molecule has 35 heavy (non-hydrogen) atoms. The van der Waals surface area contributed by atoms with E-state index in [4.69, 9.17) is 27.2 Å². The summed E-state index contributed by atoms with van der Waals surface area (Å²) in [5, 5.41) is 17.2. The summed E-state index contributed by atoms with van der Waals surface area (Å²) in [4.78, 5) is 36.8. The number of carbonyl (C=O) groups excluding carboxylic acids is 3. The highest BCUT2D eigenvalue weighted by molar-refractivity contribution is 6.30. The minimum Gasteiger partial charge on any atom is -0.483 e. The van der Waals surface area contributed by atoms with Crippen LogP contribution < -0.4 is 26.4 Å². The van der Waals surface area contributed by atoms with E-state index in [-0.39, 0.29) is 25.7 Å². The topological polar surface area (TPSA) is 143 Å². The fourth-order valence-electron chi connectivity index (χ4n) is 3.15. The van der Waals surface area contributed by atoms with Gasteiger partial charge < -0.3 is 31.5 Å². The molecule has 2 unspecified atom stereocenters. The Morgan fingerprint density at radius 3 is 2.54 bits per heavy atom. The summed E-state index contributed by atoms with van der Waals surface area (Å²) in [5.74, 6) is -0.737. The Hall–Kier alpha value is -3.14. The molecule has 190 valence electrons. The average Bonchev–Trinajstić information content (AvgIpc) is 2.85. The highest BCUT2D eigenvalue weighted by atomic mass is 35.5. The molecule has 0 aliphatic heterocycles. The van der Waals surface area contributed by atoms with Crippen LogP contribution in [-0.2, 0) is 27.3 Å². The minimum absolute atomic E-state index is 0.0132. The monoisotopic (exact) mass is 504 g/mol. The molecule has 2 atom stereocenters. The van der Waals surface area contributed by atoms with Crippen LogP contribution in [0.3, 0.4) is 0 Å². The van der Waals surface area contributed by atoms with Gasteiger partial charge in [0.15, 0.2) is 6.61 Å². The number of nitrogens with two attached hydrogens (primary N) is 1. The van der Waals surface area contributed by atoms with E-state index in [1.807, 2.05) is 30.3 Å². The lowest BCUT2D eigenvalue weighted by molar-refractivity contribution is -0.129. The number of nitrogens with one attached hydrogen (secondary N) is 3. The van der Waals surface area contributed by atoms with E-state index in [0.29, 0.717) is 42.1 Å². The number of aliphatic hydroxyl groups excluding tert-OH is 1. The highest BCUT2D eigenvalue weighted by Crippen LogP contribution is 2.23. The summed E-state index contributed by atoms with van der Waals surface area (Å²) in [6.45, 7) is 1.77. The van der Waals surface area contributed by atoms with E-state index in [2.05, 4.69) is 16.0 Å². The van der Waals surface area contributed by atoms with Crippen molar-refractivity contribution in [1.82, 2.24) is 16.0 Å². The van der Waals surface area contributed by atoms with Gasteiger partial charge in [-0.2, -0.15) is 0 Å². The normalized spacial score (nSPS) is 12.3. The fourth-order valence-corrected chi connectivity index (χ4v) is 3.34. The van der Waals surface area contributed by atoms with Crippen LogP contribution >= 0.6 is 11.6 Å². The second kappa shape index (κ2) is 15.0. The zero-order chi connectivity index (χ0) is 25.6. The summed E-state index contributed by atoms with van der Waals surface area (Å²) >= 11 is 6.08. The largest absolute Gasteiger partial charge is 0.483 e. The Balaban J connectivity index is 1.82. The average molecular weight is 505 g/mol. The number of hydrogen-bond acceptors (Lipinski definition) is 6. The molecule has 2 rings (SSSR count). The van der Waals surface area contributed by atoms with Crippen LogP contribution in [0.25, 0.3) is 0 Å². The van der Waals surface area contributed by atoms with Crippen molar-refractivity contribution >= 4 is 29.3 Å². The van der Waals surface area contributed by atoms with Gasteiger partial charge in [0.1, 0.15) is 11.8 Å². The van der Waals surface area contributed by atoms with E-state index < -0.39 is 23.9 Å². The standard InChI is InChI=1S/C25H33ClN4O5/c1-17(30-25(34)21(27)10-8-18-6-3-2-4-7-18)24(33)29-15-19-14-20(26)9-11-22(19)35-16-23(32)28-12-5-13-31/h2-4,6-7,9,11,14,17,21,31H,5,8,10,12-13,15-16,27H2,1H3,(H,28,32)(H,29,33)(H,30,34). The molecule has 0 saturated heterocycles. The summed E-state index contributed by atoms with van der Waals surface area (Å²) in [6.07, 6.45) is 1.57. The Labute approximate surface area is 210 Å². The summed E-state index contributed by atoms with van der Waals surface area (Å²) in [7, 11) is 0. The number of carbonyl (C=O) groups is 3. The third-order valence-corrected chi connectivity index (χ3v) is 5.40. The van der Waals surface area contributed by atoms with Crippen LogP contribution in [0.1, 0.15) is 30.9 Å². The molecule has 2 aromatic rings. The van der Waals surface area contributed by atoms with E-state index in [1.165, 1.54) is 0 Å². The predicted molar refractivity (Wildman–Crippen MR) is 134 cm³/mol. The Morgan fingerprint density at radius 1 is 1.09 bits per heavy atom. The molecule has 9 nitrogen and oxygen atoms in total. The lowest BCUT2D eigenvalue weighted by atomic mass is 10.1. The van der Waals surface area contributed by atoms with Crippen LogP contribution in [0.15, 0.2) is 48.5 Å². The maximum absolute atomic E-state index is 12.5. The maximum atomic E-state index is 12.5. The Kier molecular flexibility index (Phi) is 12.0. The summed E-state index contributed by atoms with van der Waals surface area (Å²) in [6, 6.07) is 13.0. The fraction of sp³-hybridized carbons (Fsp3) is 0.400. The molecule has 0 radical (unpaired) electrons. The number of aryl methyl sites for hydroxylation is 1. The third kappa shape index (κ3) is 10.3. The second-order valence-corrected chi connectivity index (χ2v) is 8.48.